The number of nitrogens with one attached hydrogen (secondary N) is 3. The Morgan fingerprint density at radius 2 is 2.08 bits per heavy atom. The number of fused-ring (bicyclic) bond motifs is 1. The predicted octanol–water partition coefficient (Wildman–Crippen LogP) is 2.41. The predicted molar refractivity (Wildman–Crippen MR) is 99.3 cm³/mol. The quantitative estimate of drug-likeness (QED) is 0.800. The lowest BCUT2D eigenvalue weighted by Crippen LogP contribution is -2.39. The largest absolute Gasteiger partial charge is 0.358 e. The number of para-hydroxylation sites is 1. The first-order chi connectivity index (χ1) is 12.1. The summed E-state index contributed by atoms with van der Waals surface area (Å²) in [4.78, 5) is 28.5. The van der Waals surface area contributed by atoms with E-state index in [0.717, 1.165) is 19.5 Å². The molecule has 6 heteroatoms. The number of imide groups is 1. The van der Waals surface area contributed by atoms with E-state index in [0.29, 0.717) is 13.0 Å². The molecule has 0 saturated heterocycles. The number of carbonyl (C=O) groups excluding carboxylic acids is 2. The molecule has 0 unspecified atom stereocenters. The maximum absolute atomic E-state index is 11.7. The van der Waals surface area contributed by atoms with Gasteiger partial charge in [0.25, 0.3) is 0 Å². The maximum Gasteiger partial charge on any atom is 0.321 e. The molecule has 3 amide bonds. The van der Waals surface area contributed by atoms with E-state index in [1.54, 1.807) is 0 Å². The van der Waals surface area contributed by atoms with E-state index in [1.807, 2.05) is 6.07 Å². The van der Waals surface area contributed by atoms with Crippen molar-refractivity contribution in [2.75, 3.05) is 26.7 Å². The number of amides is 3. The second-order valence-corrected chi connectivity index (χ2v) is 6.33. The summed E-state index contributed by atoms with van der Waals surface area (Å²) in [6.07, 6.45) is 3.53. The summed E-state index contributed by atoms with van der Waals surface area (Å²) >= 11 is 0. The molecular weight excluding hydrogens is 316 g/mol. The lowest BCUT2D eigenvalue weighted by Gasteiger charge is -2.26. The van der Waals surface area contributed by atoms with Crippen LogP contribution in [0.25, 0.3) is 16.5 Å². The first-order valence-electron chi connectivity index (χ1n) is 8.59. The van der Waals surface area contributed by atoms with Crippen LogP contribution in [0.4, 0.5) is 4.79 Å². The number of benzene rings is 1. The molecule has 6 nitrogen and oxygen atoms in total. The van der Waals surface area contributed by atoms with Crippen LogP contribution in [0.5, 0.6) is 0 Å². The third kappa shape index (κ3) is 3.91. The van der Waals surface area contributed by atoms with Crippen molar-refractivity contribution in [1.29, 1.82) is 0 Å². The number of hydrogen-bond acceptors (Lipinski definition) is 3. The fraction of sp³-hybridized carbons (Fsp3) is 0.368. The smallest absolute Gasteiger partial charge is 0.321 e. The lowest BCUT2D eigenvalue weighted by molar-refractivity contribution is -0.120. The molecule has 0 bridgehead atoms. The summed E-state index contributed by atoms with van der Waals surface area (Å²) in [7, 11) is 1.49. The van der Waals surface area contributed by atoms with E-state index in [-0.39, 0.29) is 5.91 Å². The van der Waals surface area contributed by atoms with Crippen LogP contribution in [0, 0.1) is 6.92 Å². The van der Waals surface area contributed by atoms with E-state index in [2.05, 4.69) is 51.7 Å². The number of nitrogens with zero attached hydrogens (tertiary/aromatic N) is 1. The Morgan fingerprint density at radius 1 is 1.28 bits per heavy atom. The second-order valence-electron chi connectivity index (χ2n) is 6.33. The SMILES string of the molecule is CNC(=O)NC(=O)CCN1CC=C(c2c(C)[nH]c3ccccc23)CC1. The molecule has 1 aliphatic heterocycles. The first-order valence-corrected chi connectivity index (χ1v) is 8.59. The summed E-state index contributed by atoms with van der Waals surface area (Å²) in [6.45, 7) is 4.50. The third-order valence-corrected chi connectivity index (χ3v) is 4.64. The number of aromatic nitrogens is 1. The number of hydrogen-bond donors (Lipinski definition) is 3. The van der Waals surface area contributed by atoms with Crippen molar-refractivity contribution < 1.29 is 9.59 Å². The van der Waals surface area contributed by atoms with E-state index in [9.17, 15) is 9.59 Å². The van der Waals surface area contributed by atoms with Crippen LogP contribution < -0.4 is 10.6 Å². The highest BCUT2D eigenvalue weighted by Crippen LogP contribution is 2.32. The van der Waals surface area contributed by atoms with Crippen molar-refractivity contribution in [2.24, 2.45) is 0 Å². The number of urea groups is 1. The van der Waals surface area contributed by atoms with Gasteiger partial charge in [0.15, 0.2) is 0 Å². The highest BCUT2D eigenvalue weighted by atomic mass is 16.2. The average Bonchev–Trinajstić information content (AvgIpc) is 2.96. The molecule has 2 aromatic rings. The zero-order chi connectivity index (χ0) is 17.8. The number of rotatable bonds is 4. The van der Waals surface area contributed by atoms with Crippen molar-refractivity contribution in [1.82, 2.24) is 20.5 Å². The number of H-pyrrole nitrogens is 1. The molecule has 1 aromatic carbocycles. The molecule has 0 radical (unpaired) electrons. The summed E-state index contributed by atoms with van der Waals surface area (Å²) in [6, 6.07) is 7.92. The molecule has 1 aliphatic rings. The lowest BCUT2D eigenvalue weighted by atomic mass is 9.96. The van der Waals surface area contributed by atoms with Gasteiger partial charge in [-0.05, 0) is 25.0 Å². The Hall–Kier alpha value is -2.60. The third-order valence-electron chi connectivity index (χ3n) is 4.64. The van der Waals surface area contributed by atoms with Gasteiger partial charge in [0, 0.05) is 55.3 Å². The van der Waals surface area contributed by atoms with E-state index in [1.165, 1.54) is 34.8 Å². The van der Waals surface area contributed by atoms with Gasteiger partial charge in [-0.25, -0.2) is 4.79 Å². The minimum atomic E-state index is -0.458. The van der Waals surface area contributed by atoms with Crippen LogP contribution in [0.3, 0.4) is 0 Å². The van der Waals surface area contributed by atoms with Crippen LogP contribution in [0.1, 0.15) is 24.1 Å². The van der Waals surface area contributed by atoms with E-state index in [4.69, 9.17) is 0 Å². The zero-order valence-corrected chi connectivity index (χ0v) is 14.7. The van der Waals surface area contributed by atoms with Gasteiger partial charge in [-0.1, -0.05) is 24.3 Å². The topological polar surface area (TPSA) is 77.2 Å². The highest BCUT2D eigenvalue weighted by molar-refractivity contribution is 5.95. The Morgan fingerprint density at radius 3 is 2.80 bits per heavy atom. The first kappa shape index (κ1) is 17.2. The van der Waals surface area contributed by atoms with Crippen molar-refractivity contribution in [3.8, 4) is 0 Å². The average molecular weight is 340 g/mol. The molecule has 3 N–H and O–H groups in total. The molecule has 0 fully saturated rings. The highest BCUT2D eigenvalue weighted by Gasteiger charge is 2.18. The fourth-order valence-electron chi connectivity index (χ4n) is 3.34. The number of aryl methyl sites for hydroxylation is 1. The van der Waals surface area contributed by atoms with Crippen LogP contribution >= 0.6 is 0 Å². The van der Waals surface area contributed by atoms with Crippen molar-refractivity contribution in [2.45, 2.75) is 19.8 Å². The second kappa shape index (κ2) is 7.53. The van der Waals surface area contributed by atoms with Gasteiger partial charge < -0.3 is 10.3 Å². The summed E-state index contributed by atoms with van der Waals surface area (Å²) in [5.74, 6) is -0.249. The normalized spacial score (nSPS) is 15.0. The van der Waals surface area contributed by atoms with Gasteiger partial charge in [-0.15, -0.1) is 0 Å². The van der Waals surface area contributed by atoms with E-state index >= 15 is 0 Å². The molecule has 3 rings (SSSR count). The molecule has 0 saturated carbocycles. The molecule has 1 aromatic heterocycles. The van der Waals surface area contributed by atoms with Gasteiger partial charge in [-0.3, -0.25) is 15.0 Å². The molecule has 0 aliphatic carbocycles. The minimum absolute atomic E-state index is 0.249. The molecular formula is C19H24N4O2. The van der Waals surface area contributed by atoms with Crippen molar-refractivity contribution in [3.63, 3.8) is 0 Å². The molecule has 0 atom stereocenters. The standard InChI is InChI=1S/C19H24N4O2/c1-13-18(15-5-3-4-6-16(15)21-13)14-7-10-23(11-8-14)12-9-17(24)22-19(25)20-2/h3-7,21H,8-12H2,1-2H3,(H2,20,22,24,25). The van der Waals surface area contributed by atoms with Crippen LogP contribution in [0.2, 0.25) is 0 Å². The fourth-order valence-corrected chi connectivity index (χ4v) is 3.34. The Labute approximate surface area is 147 Å². The van der Waals surface area contributed by atoms with Gasteiger partial charge in [0.2, 0.25) is 5.91 Å². The Kier molecular flexibility index (Phi) is 5.19. The molecule has 132 valence electrons. The van der Waals surface area contributed by atoms with Gasteiger partial charge >= 0.3 is 6.03 Å². The van der Waals surface area contributed by atoms with Crippen molar-refractivity contribution >= 4 is 28.4 Å². The van der Waals surface area contributed by atoms with Gasteiger partial charge in [-0.2, -0.15) is 0 Å². The Balaban J connectivity index is 1.62. The zero-order valence-electron chi connectivity index (χ0n) is 14.7. The van der Waals surface area contributed by atoms with Crippen LogP contribution in [-0.4, -0.2) is 48.5 Å². The maximum atomic E-state index is 11.7. The monoisotopic (exact) mass is 340 g/mol. The summed E-state index contributed by atoms with van der Waals surface area (Å²) < 4.78 is 0. The Bertz CT molecular complexity index is 822. The molecule has 25 heavy (non-hydrogen) atoms. The van der Waals surface area contributed by atoms with Crippen LogP contribution in [0.15, 0.2) is 30.3 Å². The number of carbonyl (C=O) groups is 2. The molecule has 0 spiro atoms. The minimum Gasteiger partial charge on any atom is -0.358 e. The molecule has 2 heterocycles. The van der Waals surface area contributed by atoms with E-state index < -0.39 is 6.03 Å². The summed E-state index contributed by atoms with van der Waals surface area (Å²) in [5, 5.41) is 5.94. The van der Waals surface area contributed by atoms with Crippen molar-refractivity contribution in [3.05, 3.63) is 41.6 Å². The summed E-state index contributed by atoms with van der Waals surface area (Å²) in [5.41, 5.74) is 5.05. The van der Waals surface area contributed by atoms with Crippen LogP contribution in [-0.2, 0) is 4.79 Å². The van der Waals surface area contributed by atoms with Gasteiger partial charge in [0.05, 0.1) is 0 Å². The number of aromatic amines is 1. The van der Waals surface area contributed by atoms with Gasteiger partial charge in [0.1, 0.15) is 0 Å².